The molecule has 0 saturated heterocycles. The molecule has 1 aromatic heterocycles. The Bertz CT molecular complexity index is 604. The quantitative estimate of drug-likeness (QED) is 0.639. The standard InChI is InChI=1S/C10H18N2O5S2/c1-3-18(13,14)7-6-12-8-9-4-5-10(17-9)19(15,16)11-2/h4-5,11-12H,3,6-8H2,1-2H3. The molecule has 0 saturated carbocycles. The van der Waals surface area contributed by atoms with Crippen molar-refractivity contribution in [2.45, 2.75) is 18.6 Å². The molecule has 0 spiro atoms. The Morgan fingerprint density at radius 1 is 1.21 bits per heavy atom. The first kappa shape index (κ1) is 16.2. The van der Waals surface area contributed by atoms with Crippen LogP contribution >= 0.6 is 0 Å². The Labute approximate surface area is 113 Å². The molecule has 0 atom stereocenters. The highest BCUT2D eigenvalue weighted by molar-refractivity contribution is 7.91. The lowest BCUT2D eigenvalue weighted by molar-refractivity contribution is 0.402. The highest BCUT2D eigenvalue weighted by Gasteiger charge is 2.16. The highest BCUT2D eigenvalue weighted by atomic mass is 32.2. The van der Waals surface area contributed by atoms with Gasteiger partial charge in [0.1, 0.15) is 5.76 Å². The molecule has 9 heteroatoms. The molecule has 7 nitrogen and oxygen atoms in total. The van der Waals surface area contributed by atoms with E-state index in [0.29, 0.717) is 12.3 Å². The van der Waals surface area contributed by atoms with Crippen molar-refractivity contribution in [3.8, 4) is 0 Å². The van der Waals surface area contributed by atoms with Crippen LogP contribution in [0.1, 0.15) is 12.7 Å². The molecule has 0 aliphatic carbocycles. The minimum atomic E-state index is -3.58. The summed E-state index contributed by atoms with van der Waals surface area (Å²) in [5.41, 5.74) is 0. The van der Waals surface area contributed by atoms with Gasteiger partial charge < -0.3 is 9.73 Å². The lowest BCUT2D eigenvalue weighted by Crippen LogP contribution is -2.23. The predicted molar refractivity (Wildman–Crippen MR) is 71.0 cm³/mol. The summed E-state index contributed by atoms with van der Waals surface area (Å²) in [6.45, 7) is 2.17. The molecular weight excluding hydrogens is 292 g/mol. The van der Waals surface area contributed by atoms with E-state index in [0.717, 1.165) is 0 Å². The summed E-state index contributed by atoms with van der Waals surface area (Å²) in [6, 6.07) is 2.89. The van der Waals surface area contributed by atoms with E-state index in [4.69, 9.17) is 4.42 Å². The van der Waals surface area contributed by atoms with Crippen molar-refractivity contribution < 1.29 is 21.3 Å². The van der Waals surface area contributed by atoms with Gasteiger partial charge in [-0.3, -0.25) is 0 Å². The summed E-state index contributed by atoms with van der Waals surface area (Å²) in [7, 11) is -5.27. The Morgan fingerprint density at radius 3 is 2.47 bits per heavy atom. The van der Waals surface area contributed by atoms with Crippen LogP contribution < -0.4 is 10.0 Å². The minimum Gasteiger partial charge on any atom is -0.447 e. The van der Waals surface area contributed by atoms with E-state index in [1.54, 1.807) is 6.92 Å². The van der Waals surface area contributed by atoms with Crippen molar-refractivity contribution in [3.05, 3.63) is 17.9 Å². The van der Waals surface area contributed by atoms with Crippen LogP contribution in [0, 0.1) is 0 Å². The first-order valence-corrected chi connectivity index (χ1v) is 9.04. The third-order valence-electron chi connectivity index (χ3n) is 2.50. The van der Waals surface area contributed by atoms with Gasteiger partial charge in [-0.2, -0.15) is 0 Å². The molecule has 0 unspecified atom stereocenters. The van der Waals surface area contributed by atoms with Crippen molar-refractivity contribution in [1.82, 2.24) is 10.0 Å². The van der Waals surface area contributed by atoms with Gasteiger partial charge in [0, 0.05) is 12.3 Å². The first-order chi connectivity index (χ1) is 8.80. The Balaban J connectivity index is 2.48. The van der Waals surface area contributed by atoms with Crippen molar-refractivity contribution in [2.24, 2.45) is 0 Å². The van der Waals surface area contributed by atoms with Crippen LogP contribution in [0.25, 0.3) is 0 Å². The van der Waals surface area contributed by atoms with E-state index in [2.05, 4.69) is 10.0 Å². The van der Waals surface area contributed by atoms with Gasteiger partial charge >= 0.3 is 0 Å². The maximum absolute atomic E-state index is 11.4. The fourth-order valence-corrected chi connectivity index (χ4v) is 2.69. The predicted octanol–water partition coefficient (Wildman–Crippen LogP) is -0.288. The maximum Gasteiger partial charge on any atom is 0.273 e. The molecular formula is C10H18N2O5S2. The molecule has 19 heavy (non-hydrogen) atoms. The number of rotatable bonds is 8. The third kappa shape index (κ3) is 4.94. The maximum atomic E-state index is 11.4. The van der Waals surface area contributed by atoms with Gasteiger partial charge in [0.15, 0.2) is 9.84 Å². The number of sulfone groups is 1. The lowest BCUT2D eigenvalue weighted by Gasteiger charge is -2.03. The fraction of sp³-hybridized carbons (Fsp3) is 0.600. The van der Waals surface area contributed by atoms with Crippen LogP contribution in [-0.2, 0) is 26.4 Å². The molecule has 0 fully saturated rings. The van der Waals surface area contributed by atoms with Gasteiger partial charge in [-0.15, -0.1) is 0 Å². The summed E-state index contributed by atoms with van der Waals surface area (Å²) in [5.74, 6) is 0.592. The molecule has 1 rings (SSSR count). The summed E-state index contributed by atoms with van der Waals surface area (Å²) in [6.07, 6.45) is 0. The molecule has 110 valence electrons. The topological polar surface area (TPSA) is 105 Å². The fourth-order valence-electron chi connectivity index (χ4n) is 1.28. The minimum absolute atomic E-state index is 0.0475. The summed E-state index contributed by atoms with van der Waals surface area (Å²) < 4.78 is 52.6. The van der Waals surface area contributed by atoms with E-state index in [1.807, 2.05) is 0 Å². The van der Waals surface area contributed by atoms with Crippen LogP contribution in [0.5, 0.6) is 0 Å². The number of hydrogen-bond acceptors (Lipinski definition) is 6. The van der Waals surface area contributed by atoms with Crippen LogP contribution in [0.2, 0.25) is 0 Å². The molecule has 0 aliphatic rings. The number of hydrogen-bond donors (Lipinski definition) is 2. The molecule has 1 aromatic rings. The van der Waals surface area contributed by atoms with Crippen molar-refractivity contribution in [1.29, 1.82) is 0 Å². The van der Waals surface area contributed by atoms with Gasteiger partial charge in [-0.1, -0.05) is 6.92 Å². The van der Waals surface area contributed by atoms with E-state index in [9.17, 15) is 16.8 Å². The average Bonchev–Trinajstić information content (AvgIpc) is 2.84. The van der Waals surface area contributed by atoms with Crippen molar-refractivity contribution in [2.75, 3.05) is 25.1 Å². The molecule has 0 aliphatic heterocycles. The third-order valence-corrected chi connectivity index (χ3v) is 5.49. The molecule has 0 aromatic carbocycles. The average molecular weight is 310 g/mol. The monoisotopic (exact) mass is 310 g/mol. The molecule has 0 amide bonds. The van der Waals surface area contributed by atoms with Gasteiger partial charge in [0.25, 0.3) is 10.0 Å². The normalized spacial score (nSPS) is 12.7. The second kappa shape index (κ2) is 6.51. The zero-order chi connectivity index (χ0) is 14.5. The zero-order valence-corrected chi connectivity index (χ0v) is 12.5. The SMILES string of the molecule is CCS(=O)(=O)CCNCc1ccc(S(=O)(=O)NC)o1. The Hall–Kier alpha value is -0.900. The van der Waals surface area contributed by atoms with E-state index < -0.39 is 19.9 Å². The Morgan fingerprint density at radius 2 is 1.89 bits per heavy atom. The van der Waals surface area contributed by atoms with Crippen LogP contribution in [0.3, 0.4) is 0 Å². The van der Waals surface area contributed by atoms with Crippen molar-refractivity contribution >= 4 is 19.9 Å². The largest absolute Gasteiger partial charge is 0.447 e. The Kier molecular flexibility index (Phi) is 5.53. The molecule has 1 heterocycles. The van der Waals surface area contributed by atoms with Gasteiger partial charge in [-0.05, 0) is 19.2 Å². The smallest absolute Gasteiger partial charge is 0.273 e. The molecule has 0 bridgehead atoms. The summed E-state index contributed by atoms with van der Waals surface area (Å²) in [5, 5.41) is 2.73. The lowest BCUT2D eigenvalue weighted by atomic mass is 10.4. The van der Waals surface area contributed by atoms with Crippen molar-refractivity contribution in [3.63, 3.8) is 0 Å². The zero-order valence-electron chi connectivity index (χ0n) is 10.8. The van der Waals surface area contributed by atoms with Gasteiger partial charge in [-0.25, -0.2) is 21.6 Å². The van der Waals surface area contributed by atoms with Crippen LogP contribution in [0.15, 0.2) is 21.6 Å². The summed E-state index contributed by atoms with van der Waals surface area (Å²) >= 11 is 0. The molecule has 0 radical (unpaired) electrons. The van der Waals surface area contributed by atoms with E-state index in [1.165, 1.54) is 19.2 Å². The first-order valence-electron chi connectivity index (χ1n) is 5.74. The van der Waals surface area contributed by atoms with Gasteiger partial charge in [0.2, 0.25) is 5.09 Å². The highest BCUT2D eigenvalue weighted by Crippen LogP contribution is 2.12. The van der Waals surface area contributed by atoms with Crippen LogP contribution in [0.4, 0.5) is 0 Å². The van der Waals surface area contributed by atoms with Gasteiger partial charge in [0.05, 0.1) is 12.3 Å². The number of sulfonamides is 1. The molecule has 2 N–H and O–H groups in total. The number of nitrogens with one attached hydrogen (secondary N) is 2. The number of furan rings is 1. The summed E-state index contributed by atoms with van der Waals surface area (Å²) in [4.78, 5) is 0. The second-order valence-corrected chi connectivity index (χ2v) is 8.13. The van der Waals surface area contributed by atoms with E-state index >= 15 is 0 Å². The van der Waals surface area contributed by atoms with Crippen LogP contribution in [-0.4, -0.2) is 41.9 Å². The van der Waals surface area contributed by atoms with E-state index in [-0.39, 0.29) is 23.1 Å². The second-order valence-electron chi connectivity index (χ2n) is 3.84.